The molecule has 1 aromatic heterocycles. The fourth-order valence-corrected chi connectivity index (χ4v) is 4.64. The van der Waals surface area contributed by atoms with Crippen molar-refractivity contribution in [2.45, 2.75) is 24.4 Å². The number of pyridine rings is 1. The van der Waals surface area contributed by atoms with Crippen molar-refractivity contribution in [1.29, 1.82) is 0 Å². The van der Waals surface area contributed by atoms with Gasteiger partial charge in [0, 0.05) is 49.8 Å². The summed E-state index contributed by atoms with van der Waals surface area (Å²) in [5, 5.41) is 6.36. The molecule has 168 valence electrons. The zero-order chi connectivity index (χ0) is 22.6. The number of aromatic nitrogens is 1. The summed E-state index contributed by atoms with van der Waals surface area (Å²) in [6, 6.07) is 16.8. The van der Waals surface area contributed by atoms with Gasteiger partial charge in [-0.05, 0) is 55.0 Å². The molecule has 0 unspecified atom stereocenters. The molecule has 1 aliphatic rings. The number of hydrogen-bond donors (Lipinski definition) is 3. The van der Waals surface area contributed by atoms with E-state index in [1.165, 1.54) is 30.5 Å². The normalized spacial score (nSPS) is 17.1. The van der Waals surface area contributed by atoms with Crippen LogP contribution in [0.5, 0.6) is 0 Å². The fourth-order valence-electron chi connectivity index (χ4n) is 3.63. The summed E-state index contributed by atoms with van der Waals surface area (Å²) in [6.07, 6.45) is 1.27. The Morgan fingerprint density at radius 1 is 1.12 bits per heavy atom. The highest BCUT2D eigenvalue weighted by molar-refractivity contribution is 7.92. The predicted molar refractivity (Wildman–Crippen MR) is 124 cm³/mol. The van der Waals surface area contributed by atoms with Crippen LogP contribution in [0.25, 0.3) is 0 Å². The first kappa shape index (κ1) is 22.2. The van der Waals surface area contributed by atoms with Gasteiger partial charge in [-0.15, -0.1) is 0 Å². The average molecular weight is 456 g/mol. The molecule has 0 spiro atoms. The molecule has 1 aliphatic heterocycles. The van der Waals surface area contributed by atoms with Crippen LogP contribution in [-0.4, -0.2) is 44.0 Å². The van der Waals surface area contributed by atoms with E-state index < -0.39 is 10.0 Å². The lowest BCUT2D eigenvalue weighted by Crippen LogP contribution is -2.48. The summed E-state index contributed by atoms with van der Waals surface area (Å²) in [5.74, 6) is 0.0491. The molecule has 0 aliphatic carbocycles. The minimum atomic E-state index is -3.78. The molecule has 32 heavy (non-hydrogen) atoms. The summed E-state index contributed by atoms with van der Waals surface area (Å²) >= 11 is 0. The van der Waals surface area contributed by atoms with Gasteiger partial charge in [-0.1, -0.05) is 18.2 Å². The number of hydrogen-bond acceptors (Lipinski definition) is 6. The largest absolute Gasteiger partial charge is 0.340 e. The van der Waals surface area contributed by atoms with Crippen LogP contribution in [0.2, 0.25) is 0 Å². The van der Waals surface area contributed by atoms with Crippen LogP contribution in [0, 0.1) is 5.82 Å². The Morgan fingerprint density at radius 3 is 2.62 bits per heavy atom. The van der Waals surface area contributed by atoms with Crippen LogP contribution < -0.4 is 15.4 Å². The summed E-state index contributed by atoms with van der Waals surface area (Å²) in [5.41, 5.74) is 2.16. The van der Waals surface area contributed by atoms with E-state index in [-0.39, 0.29) is 10.7 Å². The maximum Gasteiger partial charge on any atom is 0.263 e. The third-order valence-corrected chi connectivity index (χ3v) is 6.58. The van der Waals surface area contributed by atoms with E-state index in [0.29, 0.717) is 23.2 Å². The van der Waals surface area contributed by atoms with Gasteiger partial charge in [0.05, 0.1) is 0 Å². The predicted octanol–water partition coefficient (Wildman–Crippen LogP) is 3.56. The molecule has 0 saturated carbocycles. The maximum absolute atomic E-state index is 13.3. The van der Waals surface area contributed by atoms with Gasteiger partial charge < -0.3 is 10.6 Å². The van der Waals surface area contributed by atoms with Crippen molar-refractivity contribution in [2.75, 3.05) is 29.7 Å². The van der Waals surface area contributed by atoms with Crippen molar-refractivity contribution >= 4 is 27.2 Å². The Balaban J connectivity index is 1.38. The lowest BCUT2D eigenvalue weighted by atomic mass is 10.1. The van der Waals surface area contributed by atoms with Crippen molar-refractivity contribution in [1.82, 2.24) is 15.2 Å². The van der Waals surface area contributed by atoms with E-state index >= 15 is 0 Å². The summed E-state index contributed by atoms with van der Waals surface area (Å²) in [7, 11) is -3.78. The van der Waals surface area contributed by atoms with Gasteiger partial charge in [-0.3, -0.25) is 9.62 Å². The highest BCUT2D eigenvalue weighted by Crippen LogP contribution is 2.20. The van der Waals surface area contributed by atoms with Crippen LogP contribution in [0.1, 0.15) is 12.5 Å². The molecule has 3 aromatic rings. The van der Waals surface area contributed by atoms with Gasteiger partial charge in [0.1, 0.15) is 16.5 Å². The topological polar surface area (TPSA) is 86.4 Å². The second-order valence-electron chi connectivity index (χ2n) is 7.91. The smallest absolute Gasteiger partial charge is 0.263 e. The molecule has 9 heteroatoms. The van der Waals surface area contributed by atoms with E-state index in [0.717, 1.165) is 31.7 Å². The number of benzene rings is 2. The monoisotopic (exact) mass is 455 g/mol. The number of sulfonamides is 1. The summed E-state index contributed by atoms with van der Waals surface area (Å²) in [6.45, 7) is 5.97. The van der Waals surface area contributed by atoms with Gasteiger partial charge in [0.15, 0.2) is 0 Å². The first-order chi connectivity index (χ1) is 15.4. The second-order valence-corrected chi connectivity index (χ2v) is 9.59. The molecular weight excluding hydrogens is 429 g/mol. The molecule has 1 saturated heterocycles. The standard InChI is InChI=1S/C23H26FN5O2S/c1-17-15-29(12-11-25-17)16-18-5-7-20(8-6-18)28-32(30,31)22-9-10-23(26-14-22)27-21-4-2-3-19(24)13-21/h2-10,13-14,17,25,28H,11-12,15-16H2,1H3,(H,26,27)/t17-/m0/s1. The number of nitrogens with zero attached hydrogens (tertiary/aromatic N) is 2. The quantitative estimate of drug-likeness (QED) is 0.505. The minimum Gasteiger partial charge on any atom is -0.340 e. The molecule has 0 radical (unpaired) electrons. The summed E-state index contributed by atoms with van der Waals surface area (Å²) < 4.78 is 41.3. The lowest BCUT2D eigenvalue weighted by Gasteiger charge is -2.31. The number of halogens is 1. The van der Waals surface area contributed by atoms with Crippen LogP contribution >= 0.6 is 0 Å². The van der Waals surface area contributed by atoms with Gasteiger partial charge in [0.25, 0.3) is 10.0 Å². The zero-order valence-corrected chi connectivity index (χ0v) is 18.6. The molecule has 3 N–H and O–H groups in total. The van der Waals surface area contributed by atoms with Gasteiger partial charge in [-0.2, -0.15) is 0 Å². The highest BCUT2D eigenvalue weighted by Gasteiger charge is 2.17. The molecule has 7 nitrogen and oxygen atoms in total. The number of rotatable bonds is 7. The highest BCUT2D eigenvalue weighted by atomic mass is 32.2. The zero-order valence-electron chi connectivity index (χ0n) is 17.8. The molecule has 2 aromatic carbocycles. The van der Waals surface area contributed by atoms with E-state index in [4.69, 9.17) is 0 Å². The van der Waals surface area contributed by atoms with Crippen molar-refractivity contribution in [3.8, 4) is 0 Å². The van der Waals surface area contributed by atoms with E-state index in [1.807, 2.05) is 12.1 Å². The van der Waals surface area contributed by atoms with Gasteiger partial charge in [0.2, 0.25) is 0 Å². The van der Waals surface area contributed by atoms with Crippen molar-refractivity contribution in [2.24, 2.45) is 0 Å². The SMILES string of the molecule is C[C@H]1CN(Cc2ccc(NS(=O)(=O)c3ccc(Nc4cccc(F)c4)nc3)cc2)CCN1. The number of anilines is 3. The first-order valence-corrected chi connectivity index (χ1v) is 11.9. The third-order valence-electron chi connectivity index (χ3n) is 5.21. The second kappa shape index (κ2) is 9.64. The Bertz CT molecular complexity index is 1150. The number of nitrogens with one attached hydrogen (secondary N) is 3. The average Bonchev–Trinajstić information content (AvgIpc) is 2.75. The molecule has 0 amide bonds. The number of piperazine rings is 1. The Hall–Kier alpha value is -3.01. The Kier molecular flexibility index (Phi) is 6.69. The van der Waals surface area contributed by atoms with Crippen LogP contribution in [0.15, 0.2) is 71.8 Å². The van der Waals surface area contributed by atoms with E-state index in [1.54, 1.807) is 24.3 Å². The van der Waals surface area contributed by atoms with E-state index in [2.05, 4.69) is 32.2 Å². The van der Waals surface area contributed by atoms with Crippen molar-refractivity contribution < 1.29 is 12.8 Å². The minimum absolute atomic E-state index is 0.0428. The van der Waals surface area contributed by atoms with Crippen molar-refractivity contribution in [3.05, 3.63) is 78.2 Å². The Morgan fingerprint density at radius 2 is 1.94 bits per heavy atom. The van der Waals surface area contributed by atoms with Gasteiger partial charge >= 0.3 is 0 Å². The molecule has 1 atom stereocenters. The van der Waals surface area contributed by atoms with E-state index in [9.17, 15) is 12.8 Å². The van der Waals surface area contributed by atoms with Crippen LogP contribution in [-0.2, 0) is 16.6 Å². The maximum atomic E-state index is 13.3. The molecule has 1 fully saturated rings. The Labute approximate surface area is 187 Å². The lowest BCUT2D eigenvalue weighted by molar-refractivity contribution is 0.199. The van der Waals surface area contributed by atoms with Crippen molar-refractivity contribution in [3.63, 3.8) is 0 Å². The first-order valence-electron chi connectivity index (χ1n) is 10.4. The molecule has 4 rings (SSSR count). The molecule has 2 heterocycles. The molecule has 0 bridgehead atoms. The fraction of sp³-hybridized carbons (Fsp3) is 0.261. The molecular formula is C23H26FN5O2S. The van der Waals surface area contributed by atoms with Gasteiger partial charge in [-0.25, -0.2) is 17.8 Å². The third kappa shape index (κ3) is 5.82. The van der Waals surface area contributed by atoms with Crippen LogP contribution in [0.3, 0.4) is 0 Å². The summed E-state index contributed by atoms with van der Waals surface area (Å²) in [4.78, 5) is 6.56. The van der Waals surface area contributed by atoms with Crippen LogP contribution in [0.4, 0.5) is 21.6 Å².